The highest BCUT2D eigenvalue weighted by molar-refractivity contribution is 9.09. The summed E-state index contributed by atoms with van der Waals surface area (Å²) in [6.07, 6.45) is -1.96. The number of allylic oxidation sites excluding steroid dienone is 1. The summed E-state index contributed by atoms with van der Waals surface area (Å²) in [4.78, 5) is 0. The molecule has 0 fully saturated rings. The molecular formula is C12H12BrF3O. The van der Waals surface area contributed by atoms with E-state index in [0.29, 0.717) is 10.9 Å². The molecule has 1 aromatic carbocycles. The Bertz CT molecular complexity index is 393. The van der Waals surface area contributed by atoms with E-state index in [1.807, 2.05) is 13.0 Å². The molecule has 0 bridgehead atoms. The molecule has 1 nitrogen and oxygen atoms in total. The molecule has 0 aliphatic heterocycles. The Kier molecular flexibility index (Phi) is 5.05. The van der Waals surface area contributed by atoms with E-state index in [1.54, 1.807) is 6.07 Å². The maximum atomic E-state index is 12.0. The van der Waals surface area contributed by atoms with Crippen LogP contribution in [0.3, 0.4) is 0 Å². The third-order valence-corrected chi connectivity index (χ3v) is 2.81. The average molecular weight is 309 g/mol. The molecule has 17 heavy (non-hydrogen) atoms. The Morgan fingerprint density at radius 3 is 2.65 bits per heavy atom. The van der Waals surface area contributed by atoms with Crippen LogP contribution in [0, 0.1) is 0 Å². The second kappa shape index (κ2) is 6.10. The number of ether oxygens (including phenoxy) is 1. The van der Waals surface area contributed by atoms with Gasteiger partial charge in [0, 0.05) is 5.33 Å². The van der Waals surface area contributed by atoms with E-state index in [9.17, 15) is 13.2 Å². The minimum atomic E-state index is -4.65. The fourth-order valence-corrected chi connectivity index (χ4v) is 1.83. The van der Waals surface area contributed by atoms with Gasteiger partial charge in [0.1, 0.15) is 5.75 Å². The Labute approximate surface area is 106 Å². The monoisotopic (exact) mass is 308 g/mol. The van der Waals surface area contributed by atoms with Crippen molar-refractivity contribution in [1.29, 1.82) is 0 Å². The first-order chi connectivity index (χ1) is 7.94. The quantitative estimate of drug-likeness (QED) is 0.728. The number of alkyl halides is 4. The van der Waals surface area contributed by atoms with Gasteiger partial charge in [0.05, 0.1) is 0 Å². The molecule has 0 amide bonds. The van der Waals surface area contributed by atoms with Crippen LogP contribution in [-0.2, 0) is 0 Å². The Morgan fingerprint density at radius 1 is 1.41 bits per heavy atom. The van der Waals surface area contributed by atoms with Crippen molar-refractivity contribution in [3.05, 3.63) is 35.4 Å². The van der Waals surface area contributed by atoms with Crippen molar-refractivity contribution in [2.75, 3.05) is 5.33 Å². The summed E-state index contributed by atoms with van der Waals surface area (Å²) in [5.41, 5.74) is 1.80. The highest BCUT2D eigenvalue weighted by Crippen LogP contribution is 2.24. The predicted octanol–water partition coefficient (Wildman–Crippen LogP) is 4.77. The molecule has 0 unspecified atom stereocenters. The molecule has 0 radical (unpaired) electrons. The van der Waals surface area contributed by atoms with Crippen LogP contribution in [0.2, 0.25) is 0 Å². The standard InChI is InChI=1S/C12H12BrF3O/c1-2-9(8-13)6-10-4-3-5-11(7-10)17-12(14,15)16/h3-7H,2,8H2,1H3/b9-6-. The minimum Gasteiger partial charge on any atom is -0.406 e. The number of hydrogen-bond acceptors (Lipinski definition) is 1. The van der Waals surface area contributed by atoms with Crippen molar-refractivity contribution < 1.29 is 17.9 Å². The molecule has 0 heterocycles. The first kappa shape index (κ1) is 14.1. The van der Waals surface area contributed by atoms with Gasteiger partial charge in [-0.05, 0) is 24.1 Å². The van der Waals surface area contributed by atoms with Gasteiger partial charge >= 0.3 is 6.36 Å². The highest BCUT2D eigenvalue weighted by Gasteiger charge is 2.30. The van der Waals surface area contributed by atoms with E-state index in [0.717, 1.165) is 12.0 Å². The van der Waals surface area contributed by atoms with Crippen LogP contribution >= 0.6 is 15.9 Å². The maximum absolute atomic E-state index is 12.0. The molecule has 5 heteroatoms. The minimum absolute atomic E-state index is 0.198. The zero-order valence-corrected chi connectivity index (χ0v) is 10.8. The molecule has 0 atom stereocenters. The molecule has 0 aliphatic rings. The van der Waals surface area contributed by atoms with Crippen LogP contribution in [0.1, 0.15) is 18.9 Å². The SMILES string of the molecule is CC/C(=C/c1cccc(OC(F)(F)F)c1)CBr. The maximum Gasteiger partial charge on any atom is 0.573 e. The van der Waals surface area contributed by atoms with Crippen molar-refractivity contribution in [3.8, 4) is 5.75 Å². The number of halogens is 4. The van der Waals surface area contributed by atoms with E-state index in [-0.39, 0.29) is 5.75 Å². The summed E-state index contributed by atoms with van der Waals surface area (Å²) in [5.74, 6) is -0.198. The summed E-state index contributed by atoms with van der Waals surface area (Å²) in [7, 11) is 0. The lowest BCUT2D eigenvalue weighted by atomic mass is 10.1. The van der Waals surface area contributed by atoms with Gasteiger partial charge in [0.2, 0.25) is 0 Å². The van der Waals surface area contributed by atoms with Crippen LogP contribution in [0.25, 0.3) is 6.08 Å². The van der Waals surface area contributed by atoms with Crippen LogP contribution in [0.5, 0.6) is 5.75 Å². The van der Waals surface area contributed by atoms with Gasteiger partial charge < -0.3 is 4.74 Å². The average Bonchev–Trinajstić information content (AvgIpc) is 2.24. The summed E-state index contributed by atoms with van der Waals surface area (Å²) in [6, 6.07) is 5.92. The van der Waals surface area contributed by atoms with Crippen molar-refractivity contribution in [2.24, 2.45) is 0 Å². The number of rotatable bonds is 4. The Balaban J connectivity index is 2.90. The first-order valence-electron chi connectivity index (χ1n) is 5.06. The normalized spacial score (nSPS) is 12.6. The molecular weight excluding hydrogens is 297 g/mol. The van der Waals surface area contributed by atoms with Gasteiger partial charge in [-0.25, -0.2) is 0 Å². The molecule has 94 valence electrons. The van der Waals surface area contributed by atoms with E-state index in [1.165, 1.54) is 18.2 Å². The molecule has 0 aliphatic carbocycles. The van der Waals surface area contributed by atoms with Gasteiger partial charge in [-0.2, -0.15) is 0 Å². The second-order valence-corrected chi connectivity index (χ2v) is 3.97. The smallest absolute Gasteiger partial charge is 0.406 e. The molecule has 0 saturated heterocycles. The van der Waals surface area contributed by atoms with Crippen molar-refractivity contribution in [2.45, 2.75) is 19.7 Å². The third kappa shape index (κ3) is 5.26. The summed E-state index contributed by atoms with van der Waals surface area (Å²) in [5, 5.41) is 0.702. The fourth-order valence-electron chi connectivity index (χ4n) is 1.27. The van der Waals surface area contributed by atoms with Gasteiger partial charge in [-0.1, -0.05) is 46.6 Å². The second-order valence-electron chi connectivity index (χ2n) is 3.41. The van der Waals surface area contributed by atoms with Crippen molar-refractivity contribution in [3.63, 3.8) is 0 Å². The third-order valence-electron chi connectivity index (χ3n) is 2.09. The van der Waals surface area contributed by atoms with Crippen LogP contribution in [-0.4, -0.2) is 11.7 Å². The largest absolute Gasteiger partial charge is 0.573 e. The lowest BCUT2D eigenvalue weighted by Crippen LogP contribution is -2.17. The molecule has 0 saturated carbocycles. The zero-order valence-electron chi connectivity index (χ0n) is 9.22. The molecule has 0 aromatic heterocycles. The van der Waals surface area contributed by atoms with E-state index in [2.05, 4.69) is 20.7 Å². The predicted molar refractivity (Wildman–Crippen MR) is 65.2 cm³/mol. The number of hydrogen-bond donors (Lipinski definition) is 0. The van der Waals surface area contributed by atoms with E-state index in [4.69, 9.17) is 0 Å². The van der Waals surface area contributed by atoms with Crippen molar-refractivity contribution in [1.82, 2.24) is 0 Å². The Hall–Kier alpha value is -0.970. The first-order valence-corrected chi connectivity index (χ1v) is 6.18. The summed E-state index contributed by atoms with van der Waals surface area (Å²) in [6.45, 7) is 1.99. The van der Waals surface area contributed by atoms with Gasteiger partial charge in [-0.15, -0.1) is 13.2 Å². The highest BCUT2D eigenvalue weighted by atomic mass is 79.9. The lowest BCUT2D eigenvalue weighted by Gasteiger charge is -2.09. The Morgan fingerprint density at radius 2 is 2.12 bits per heavy atom. The van der Waals surface area contributed by atoms with Crippen LogP contribution < -0.4 is 4.74 Å². The van der Waals surface area contributed by atoms with Crippen LogP contribution in [0.4, 0.5) is 13.2 Å². The molecule has 1 rings (SSSR count). The zero-order chi connectivity index (χ0) is 12.9. The molecule has 0 spiro atoms. The summed E-state index contributed by atoms with van der Waals surface area (Å²) >= 11 is 3.32. The number of benzene rings is 1. The van der Waals surface area contributed by atoms with Gasteiger partial charge in [0.15, 0.2) is 0 Å². The molecule has 1 aromatic rings. The van der Waals surface area contributed by atoms with Crippen molar-refractivity contribution >= 4 is 22.0 Å². The van der Waals surface area contributed by atoms with E-state index < -0.39 is 6.36 Å². The molecule has 0 N–H and O–H groups in total. The van der Waals surface area contributed by atoms with Gasteiger partial charge in [0.25, 0.3) is 0 Å². The topological polar surface area (TPSA) is 9.23 Å². The van der Waals surface area contributed by atoms with Crippen LogP contribution in [0.15, 0.2) is 29.8 Å². The fraction of sp³-hybridized carbons (Fsp3) is 0.333. The lowest BCUT2D eigenvalue weighted by molar-refractivity contribution is -0.274. The van der Waals surface area contributed by atoms with Gasteiger partial charge in [-0.3, -0.25) is 0 Å². The van der Waals surface area contributed by atoms with E-state index >= 15 is 0 Å². The summed E-state index contributed by atoms with van der Waals surface area (Å²) < 4.78 is 39.9.